The zero-order chi connectivity index (χ0) is 16.6. The summed E-state index contributed by atoms with van der Waals surface area (Å²) >= 11 is 5.74. The van der Waals surface area contributed by atoms with Crippen LogP contribution in [0.4, 0.5) is 4.39 Å². The topological polar surface area (TPSA) is 58.4 Å². The second-order valence-electron chi connectivity index (χ2n) is 5.92. The van der Waals surface area contributed by atoms with Crippen molar-refractivity contribution in [3.05, 3.63) is 46.5 Å². The van der Waals surface area contributed by atoms with Crippen molar-refractivity contribution in [2.75, 3.05) is 13.1 Å². The maximum absolute atomic E-state index is 13.4. The molecule has 23 heavy (non-hydrogen) atoms. The molecule has 1 aliphatic heterocycles. The molecular formula is C16H17ClFN3O2. The minimum Gasteiger partial charge on any atom is -0.506 e. The first-order valence-corrected chi connectivity index (χ1v) is 7.76. The minimum atomic E-state index is -0.637. The summed E-state index contributed by atoms with van der Waals surface area (Å²) in [6.45, 7) is 1.15. The van der Waals surface area contributed by atoms with Crippen LogP contribution in [0.2, 0.25) is 5.02 Å². The van der Waals surface area contributed by atoms with Crippen LogP contribution in [0.15, 0.2) is 24.5 Å². The van der Waals surface area contributed by atoms with Gasteiger partial charge in [-0.15, -0.1) is 0 Å². The van der Waals surface area contributed by atoms with Gasteiger partial charge in [0.15, 0.2) is 0 Å². The van der Waals surface area contributed by atoms with E-state index in [4.69, 9.17) is 11.6 Å². The average Bonchev–Trinajstić information content (AvgIpc) is 3.12. The van der Waals surface area contributed by atoms with Gasteiger partial charge in [-0.2, -0.15) is 5.10 Å². The maximum atomic E-state index is 13.4. The molecule has 122 valence electrons. The van der Waals surface area contributed by atoms with Crippen molar-refractivity contribution < 1.29 is 14.3 Å². The molecule has 0 saturated carbocycles. The van der Waals surface area contributed by atoms with Crippen LogP contribution in [0.3, 0.4) is 0 Å². The van der Waals surface area contributed by atoms with E-state index in [1.165, 1.54) is 0 Å². The third-order valence-electron chi connectivity index (χ3n) is 4.11. The molecular weight excluding hydrogens is 321 g/mol. The lowest BCUT2D eigenvalue weighted by Crippen LogP contribution is -2.29. The number of phenolic OH excluding ortho intramolecular Hbond substituents is 1. The van der Waals surface area contributed by atoms with Gasteiger partial charge < -0.3 is 10.0 Å². The molecule has 5 nitrogen and oxygen atoms in total. The highest BCUT2D eigenvalue weighted by Gasteiger charge is 2.29. The molecule has 1 fully saturated rings. The summed E-state index contributed by atoms with van der Waals surface area (Å²) in [5, 5.41) is 13.9. The van der Waals surface area contributed by atoms with Crippen molar-refractivity contribution in [3.8, 4) is 5.75 Å². The number of hydrogen-bond donors (Lipinski definition) is 1. The molecule has 1 N–H and O–H groups in total. The first-order valence-electron chi connectivity index (χ1n) is 7.39. The molecule has 1 unspecified atom stereocenters. The lowest BCUT2D eigenvalue weighted by Gasteiger charge is -2.17. The highest BCUT2D eigenvalue weighted by molar-refractivity contribution is 6.32. The molecule has 1 atom stereocenters. The van der Waals surface area contributed by atoms with Crippen molar-refractivity contribution in [2.45, 2.75) is 12.8 Å². The van der Waals surface area contributed by atoms with E-state index in [0.29, 0.717) is 19.0 Å². The Labute approximate surface area is 138 Å². The highest BCUT2D eigenvalue weighted by atomic mass is 35.5. The summed E-state index contributed by atoms with van der Waals surface area (Å²) < 4.78 is 15.2. The predicted octanol–water partition coefficient (Wildman–Crippen LogP) is 2.62. The van der Waals surface area contributed by atoms with Gasteiger partial charge in [-0.1, -0.05) is 11.6 Å². The molecule has 0 bridgehead atoms. The van der Waals surface area contributed by atoms with Crippen molar-refractivity contribution >= 4 is 17.5 Å². The number of carbonyl (C=O) groups is 1. The van der Waals surface area contributed by atoms with Crippen LogP contribution < -0.4 is 0 Å². The van der Waals surface area contributed by atoms with Gasteiger partial charge in [0.05, 0.1) is 16.8 Å². The number of rotatable bonds is 3. The van der Waals surface area contributed by atoms with E-state index >= 15 is 0 Å². The van der Waals surface area contributed by atoms with Crippen LogP contribution in [0.25, 0.3) is 0 Å². The van der Waals surface area contributed by atoms with Crippen LogP contribution in [-0.4, -0.2) is 38.8 Å². The second kappa shape index (κ2) is 6.20. The Hall–Kier alpha value is -2.08. The normalized spacial score (nSPS) is 17.7. The number of hydrogen-bond acceptors (Lipinski definition) is 3. The van der Waals surface area contributed by atoms with Gasteiger partial charge in [0.1, 0.15) is 11.6 Å². The number of amides is 1. The predicted molar refractivity (Wildman–Crippen MR) is 84.0 cm³/mol. The summed E-state index contributed by atoms with van der Waals surface area (Å²) in [5.41, 5.74) is 1.04. The molecule has 1 aromatic heterocycles. The van der Waals surface area contributed by atoms with E-state index in [2.05, 4.69) is 5.10 Å². The van der Waals surface area contributed by atoms with Crippen LogP contribution in [0, 0.1) is 11.7 Å². The largest absolute Gasteiger partial charge is 0.506 e. The van der Waals surface area contributed by atoms with E-state index < -0.39 is 11.7 Å². The minimum absolute atomic E-state index is 0.0861. The monoisotopic (exact) mass is 337 g/mol. The van der Waals surface area contributed by atoms with Gasteiger partial charge in [-0.3, -0.25) is 9.48 Å². The van der Waals surface area contributed by atoms with Crippen LogP contribution >= 0.6 is 11.6 Å². The molecule has 1 amide bonds. The molecule has 1 aliphatic rings. The van der Waals surface area contributed by atoms with E-state index in [-0.39, 0.29) is 16.3 Å². The fourth-order valence-electron chi connectivity index (χ4n) is 2.99. The van der Waals surface area contributed by atoms with E-state index in [9.17, 15) is 14.3 Å². The average molecular weight is 338 g/mol. The van der Waals surface area contributed by atoms with Gasteiger partial charge in [0.2, 0.25) is 0 Å². The van der Waals surface area contributed by atoms with Crippen molar-refractivity contribution in [1.82, 2.24) is 14.7 Å². The molecule has 1 aromatic carbocycles. The SMILES string of the molecule is Cn1cc(CC2CCN(C(=O)c3cc(F)cc(Cl)c3O)C2)cn1. The summed E-state index contributed by atoms with van der Waals surface area (Å²) in [7, 11) is 1.87. The van der Waals surface area contributed by atoms with Crippen LogP contribution in [-0.2, 0) is 13.5 Å². The molecule has 0 aliphatic carbocycles. The molecule has 1 saturated heterocycles. The molecule has 0 radical (unpaired) electrons. The number of likely N-dealkylation sites (tertiary alicyclic amines) is 1. The molecule has 3 rings (SSSR count). The molecule has 0 spiro atoms. The van der Waals surface area contributed by atoms with Crippen molar-refractivity contribution in [2.24, 2.45) is 13.0 Å². The Kier molecular flexibility index (Phi) is 4.26. The van der Waals surface area contributed by atoms with Crippen molar-refractivity contribution in [3.63, 3.8) is 0 Å². The quantitative estimate of drug-likeness (QED) is 0.936. The van der Waals surface area contributed by atoms with Gasteiger partial charge >= 0.3 is 0 Å². The number of halogens is 2. The Morgan fingerprint density at radius 2 is 2.30 bits per heavy atom. The number of aromatic nitrogens is 2. The first-order chi connectivity index (χ1) is 10.9. The Balaban J connectivity index is 1.70. The number of aryl methyl sites for hydroxylation is 1. The lowest BCUT2D eigenvalue weighted by molar-refractivity contribution is 0.0783. The maximum Gasteiger partial charge on any atom is 0.257 e. The zero-order valence-electron chi connectivity index (χ0n) is 12.7. The number of phenols is 1. The smallest absolute Gasteiger partial charge is 0.257 e. The molecule has 7 heteroatoms. The van der Waals surface area contributed by atoms with Crippen molar-refractivity contribution in [1.29, 1.82) is 0 Å². The second-order valence-corrected chi connectivity index (χ2v) is 6.32. The van der Waals surface area contributed by atoms with E-state index in [0.717, 1.165) is 30.5 Å². The molecule has 2 heterocycles. The zero-order valence-corrected chi connectivity index (χ0v) is 13.4. The van der Waals surface area contributed by atoms with E-state index in [1.54, 1.807) is 9.58 Å². The number of nitrogens with zero attached hydrogens (tertiary/aromatic N) is 3. The number of aromatic hydroxyl groups is 1. The van der Waals surface area contributed by atoms with Gasteiger partial charge in [-0.05, 0) is 36.5 Å². The van der Waals surface area contributed by atoms with Gasteiger partial charge in [0, 0.05) is 26.3 Å². The standard InChI is InChI=1S/C16H17ClFN3O2/c1-20-8-11(7-19-20)4-10-2-3-21(9-10)16(23)13-5-12(18)6-14(17)15(13)22/h5-8,10,22H,2-4,9H2,1H3. The third kappa shape index (κ3) is 3.32. The fourth-order valence-corrected chi connectivity index (χ4v) is 3.20. The van der Waals surface area contributed by atoms with Crippen LogP contribution in [0.5, 0.6) is 5.75 Å². The number of benzene rings is 1. The summed E-state index contributed by atoms with van der Waals surface area (Å²) in [6.07, 6.45) is 5.49. The Bertz CT molecular complexity index is 747. The van der Waals surface area contributed by atoms with Crippen LogP contribution in [0.1, 0.15) is 22.3 Å². The van der Waals surface area contributed by atoms with Gasteiger partial charge in [0.25, 0.3) is 5.91 Å². The third-order valence-corrected chi connectivity index (χ3v) is 4.40. The Morgan fingerprint density at radius 3 is 3.00 bits per heavy atom. The fraction of sp³-hybridized carbons (Fsp3) is 0.375. The number of carbonyl (C=O) groups excluding carboxylic acids is 1. The summed E-state index contributed by atoms with van der Waals surface area (Å²) in [4.78, 5) is 14.1. The van der Waals surface area contributed by atoms with Gasteiger partial charge in [-0.25, -0.2) is 4.39 Å². The highest BCUT2D eigenvalue weighted by Crippen LogP contribution is 2.31. The summed E-state index contributed by atoms with van der Waals surface area (Å²) in [6, 6.07) is 2.01. The molecule has 2 aromatic rings. The lowest BCUT2D eigenvalue weighted by atomic mass is 10.0. The first kappa shape index (κ1) is 15.8. The van der Waals surface area contributed by atoms with E-state index in [1.807, 2.05) is 19.4 Å². The summed E-state index contributed by atoms with van der Waals surface area (Å²) in [5.74, 6) is -1.07. The Morgan fingerprint density at radius 1 is 1.52 bits per heavy atom.